The molecule has 0 aliphatic carbocycles. The number of nitrogens with one attached hydrogen (secondary N) is 1. The van der Waals surface area contributed by atoms with E-state index in [4.69, 9.17) is 4.74 Å². The van der Waals surface area contributed by atoms with E-state index < -0.39 is 0 Å². The summed E-state index contributed by atoms with van der Waals surface area (Å²) in [6.45, 7) is 2.42. The number of halogens is 2. The summed E-state index contributed by atoms with van der Waals surface area (Å²) < 4.78 is 18.8. The van der Waals surface area contributed by atoms with E-state index in [-0.39, 0.29) is 5.82 Å². The average molecular weight is 290 g/mol. The lowest BCUT2D eigenvalue weighted by atomic mass is 10.2. The molecule has 0 fully saturated rings. The predicted molar refractivity (Wildman–Crippen MR) is 66.9 cm³/mol. The zero-order valence-electron chi connectivity index (χ0n) is 9.43. The van der Waals surface area contributed by atoms with Crippen molar-refractivity contribution in [1.29, 1.82) is 0 Å². The average Bonchev–Trinajstić information content (AvgIpc) is 2.22. The van der Waals surface area contributed by atoms with E-state index in [9.17, 15) is 4.39 Å². The van der Waals surface area contributed by atoms with Gasteiger partial charge >= 0.3 is 0 Å². The fourth-order valence-electron chi connectivity index (χ4n) is 1.44. The minimum atomic E-state index is -0.203. The minimum absolute atomic E-state index is 0.203. The zero-order valence-corrected chi connectivity index (χ0v) is 11.0. The second-order valence-corrected chi connectivity index (χ2v) is 4.57. The number of methoxy groups -OCH3 is 1. The molecule has 0 unspecified atom stereocenters. The van der Waals surface area contributed by atoms with Gasteiger partial charge in [0.15, 0.2) is 0 Å². The second kappa shape index (κ2) is 7.76. The first kappa shape index (κ1) is 13.6. The third kappa shape index (κ3) is 5.58. The van der Waals surface area contributed by atoms with Crippen LogP contribution in [0.1, 0.15) is 18.4 Å². The molecule has 0 saturated carbocycles. The molecule has 2 nitrogen and oxygen atoms in total. The Morgan fingerprint density at radius 1 is 1.31 bits per heavy atom. The van der Waals surface area contributed by atoms with Crippen LogP contribution in [0.25, 0.3) is 0 Å². The standard InChI is InChI=1S/C12H17BrFNO/c1-16-5-3-2-4-15-9-10-6-11(13)8-12(14)7-10/h6-8,15H,2-5,9H2,1H3. The molecule has 0 radical (unpaired) electrons. The van der Waals surface area contributed by atoms with Gasteiger partial charge in [0.25, 0.3) is 0 Å². The van der Waals surface area contributed by atoms with Crippen LogP contribution in [0.15, 0.2) is 22.7 Å². The molecule has 0 bridgehead atoms. The van der Waals surface area contributed by atoms with Crippen molar-refractivity contribution in [3.63, 3.8) is 0 Å². The van der Waals surface area contributed by atoms with Crippen molar-refractivity contribution in [3.8, 4) is 0 Å². The number of rotatable bonds is 7. The molecule has 1 aromatic rings. The highest BCUT2D eigenvalue weighted by Gasteiger charge is 1.98. The van der Waals surface area contributed by atoms with Gasteiger partial charge in [-0.15, -0.1) is 0 Å². The van der Waals surface area contributed by atoms with Gasteiger partial charge in [-0.05, 0) is 43.1 Å². The molecule has 0 aliphatic rings. The Labute approximate surface area is 104 Å². The lowest BCUT2D eigenvalue weighted by Gasteiger charge is -2.05. The van der Waals surface area contributed by atoms with Crippen LogP contribution in [-0.4, -0.2) is 20.3 Å². The Morgan fingerprint density at radius 3 is 2.81 bits per heavy atom. The largest absolute Gasteiger partial charge is 0.385 e. The van der Waals surface area contributed by atoms with Crippen molar-refractivity contribution in [1.82, 2.24) is 5.32 Å². The highest BCUT2D eigenvalue weighted by Crippen LogP contribution is 2.14. The number of unbranched alkanes of at least 4 members (excludes halogenated alkanes) is 1. The quantitative estimate of drug-likeness (QED) is 0.779. The SMILES string of the molecule is COCCCCNCc1cc(F)cc(Br)c1. The van der Waals surface area contributed by atoms with E-state index in [1.807, 2.05) is 6.07 Å². The molecular weight excluding hydrogens is 273 g/mol. The minimum Gasteiger partial charge on any atom is -0.385 e. The van der Waals surface area contributed by atoms with Gasteiger partial charge in [-0.25, -0.2) is 4.39 Å². The lowest BCUT2D eigenvalue weighted by molar-refractivity contribution is 0.192. The van der Waals surface area contributed by atoms with Crippen molar-refractivity contribution in [2.24, 2.45) is 0 Å². The van der Waals surface area contributed by atoms with Gasteiger partial charge in [-0.2, -0.15) is 0 Å². The normalized spacial score (nSPS) is 10.7. The van der Waals surface area contributed by atoms with E-state index in [2.05, 4.69) is 21.2 Å². The Balaban J connectivity index is 2.21. The van der Waals surface area contributed by atoms with E-state index in [0.717, 1.165) is 36.0 Å². The maximum absolute atomic E-state index is 13.0. The van der Waals surface area contributed by atoms with E-state index in [0.29, 0.717) is 6.54 Å². The first-order chi connectivity index (χ1) is 7.72. The molecule has 0 heterocycles. The van der Waals surface area contributed by atoms with Crippen LogP contribution in [0.3, 0.4) is 0 Å². The summed E-state index contributed by atoms with van der Waals surface area (Å²) in [5.74, 6) is -0.203. The van der Waals surface area contributed by atoms with E-state index in [1.165, 1.54) is 6.07 Å². The summed E-state index contributed by atoms with van der Waals surface area (Å²) in [5, 5.41) is 3.27. The van der Waals surface area contributed by atoms with Crippen molar-refractivity contribution in [2.75, 3.05) is 20.3 Å². The molecule has 0 saturated heterocycles. The Hall–Kier alpha value is -0.450. The molecule has 1 N–H and O–H groups in total. The van der Waals surface area contributed by atoms with Crippen LogP contribution in [0.2, 0.25) is 0 Å². The zero-order chi connectivity index (χ0) is 11.8. The van der Waals surface area contributed by atoms with Crippen molar-refractivity contribution in [2.45, 2.75) is 19.4 Å². The molecule has 1 aromatic carbocycles. The molecule has 0 atom stereocenters. The second-order valence-electron chi connectivity index (χ2n) is 3.65. The molecule has 1 rings (SSSR count). The summed E-state index contributed by atoms with van der Waals surface area (Å²) in [6, 6.07) is 4.93. The monoisotopic (exact) mass is 289 g/mol. The summed E-state index contributed by atoms with van der Waals surface area (Å²) in [7, 11) is 1.71. The van der Waals surface area contributed by atoms with Crippen LogP contribution in [0.5, 0.6) is 0 Å². The molecule has 90 valence electrons. The van der Waals surface area contributed by atoms with Crippen molar-refractivity contribution in [3.05, 3.63) is 34.1 Å². The van der Waals surface area contributed by atoms with Gasteiger partial charge in [0.2, 0.25) is 0 Å². The number of ether oxygens (including phenoxy) is 1. The Bertz CT molecular complexity index is 300. The number of hydrogen-bond acceptors (Lipinski definition) is 2. The molecule has 16 heavy (non-hydrogen) atoms. The van der Waals surface area contributed by atoms with Gasteiger partial charge < -0.3 is 10.1 Å². The van der Waals surface area contributed by atoms with Crippen LogP contribution in [-0.2, 0) is 11.3 Å². The van der Waals surface area contributed by atoms with Crippen molar-refractivity contribution < 1.29 is 9.13 Å². The van der Waals surface area contributed by atoms with Crippen LogP contribution >= 0.6 is 15.9 Å². The van der Waals surface area contributed by atoms with Gasteiger partial charge in [-0.3, -0.25) is 0 Å². The Morgan fingerprint density at radius 2 is 2.12 bits per heavy atom. The number of hydrogen-bond donors (Lipinski definition) is 1. The Kier molecular flexibility index (Phi) is 6.61. The van der Waals surface area contributed by atoms with E-state index in [1.54, 1.807) is 13.2 Å². The summed E-state index contributed by atoms with van der Waals surface area (Å²) in [6.07, 6.45) is 2.13. The maximum Gasteiger partial charge on any atom is 0.124 e. The summed E-state index contributed by atoms with van der Waals surface area (Å²) >= 11 is 3.27. The van der Waals surface area contributed by atoms with Gasteiger partial charge in [-0.1, -0.05) is 15.9 Å². The summed E-state index contributed by atoms with van der Waals surface area (Å²) in [5.41, 5.74) is 0.957. The fourth-order valence-corrected chi connectivity index (χ4v) is 1.95. The summed E-state index contributed by atoms with van der Waals surface area (Å²) in [4.78, 5) is 0. The molecular formula is C12H17BrFNO. The third-order valence-corrected chi connectivity index (χ3v) is 2.66. The molecule has 0 aromatic heterocycles. The smallest absolute Gasteiger partial charge is 0.124 e. The lowest BCUT2D eigenvalue weighted by Crippen LogP contribution is -2.15. The number of benzene rings is 1. The van der Waals surface area contributed by atoms with Crippen LogP contribution in [0, 0.1) is 5.82 Å². The van der Waals surface area contributed by atoms with Crippen LogP contribution in [0.4, 0.5) is 4.39 Å². The van der Waals surface area contributed by atoms with Crippen molar-refractivity contribution >= 4 is 15.9 Å². The van der Waals surface area contributed by atoms with Gasteiger partial charge in [0.1, 0.15) is 5.82 Å². The third-order valence-electron chi connectivity index (χ3n) is 2.20. The van der Waals surface area contributed by atoms with Gasteiger partial charge in [0.05, 0.1) is 0 Å². The molecule has 4 heteroatoms. The predicted octanol–water partition coefficient (Wildman–Crippen LogP) is 3.10. The molecule has 0 amide bonds. The fraction of sp³-hybridized carbons (Fsp3) is 0.500. The van der Waals surface area contributed by atoms with Crippen LogP contribution < -0.4 is 5.32 Å². The van der Waals surface area contributed by atoms with E-state index >= 15 is 0 Å². The van der Waals surface area contributed by atoms with Gasteiger partial charge in [0, 0.05) is 24.7 Å². The highest BCUT2D eigenvalue weighted by molar-refractivity contribution is 9.10. The molecule has 0 spiro atoms. The first-order valence-electron chi connectivity index (χ1n) is 5.37. The molecule has 0 aliphatic heterocycles. The maximum atomic E-state index is 13.0. The topological polar surface area (TPSA) is 21.3 Å². The first-order valence-corrected chi connectivity index (χ1v) is 6.16. The highest BCUT2D eigenvalue weighted by atomic mass is 79.9.